The summed E-state index contributed by atoms with van der Waals surface area (Å²) >= 11 is 8.95. The minimum atomic E-state index is 0.601. The van der Waals surface area contributed by atoms with E-state index in [-0.39, 0.29) is 0 Å². The third-order valence-electron chi connectivity index (χ3n) is 1.17. The van der Waals surface area contributed by atoms with Crippen LogP contribution in [-0.2, 0) is 0 Å². The highest BCUT2D eigenvalue weighted by Crippen LogP contribution is 2.20. The molecule has 0 nitrogen and oxygen atoms in total. The van der Waals surface area contributed by atoms with Gasteiger partial charge < -0.3 is 0 Å². The molecule has 0 aromatic heterocycles. The van der Waals surface area contributed by atoms with Crippen molar-refractivity contribution < 1.29 is 0 Å². The average Bonchev–Trinajstić information content (AvgIpc) is 1.98. The lowest BCUT2D eigenvalue weighted by molar-refractivity contribution is 0.778. The second-order valence-corrected chi connectivity index (χ2v) is 5.81. The van der Waals surface area contributed by atoms with Gasteiger partial charge in [0.2, 0.25) is 0 Å². The van der Waals surface area contributed by atoms with E-state index in [0.717, 1.165) is 5.33 Å². The fourth-order valence-corrected chi connectivity index (χ4v) is 2.44. The van der Waals surface area contributed by atoms with Crippen LogP contribution in [0.5, 0.6) is 0 Å². The maximum Gasteiger partial charge on any atom is 0.0696 e. The van der Waals surface area contributed by atoms with Gasteiger partial charge in [0.05, 0.1) is 4.16 Å². The molecule has 0 heterocycles. The fraction of sp³-hybridized carbons (Fsp3) is 1.00. The second-order valence-electron chi connectivity index (χ2n) is 2.14. The summed E-state index contributed by atoms with van der Waals surface area (Å²) in [4.78, 5) is 0. The second kappa shape index (κ2) is 8.41. The zero-order valence-electron chi connectivity index (χ0n) is 6.28. The SMILES string of the molecule is CCCCCSC(Br)CBr. The molecule has 0 saturated carbocycles. The van der Waals surface area contributed by atoms with E-state index in [2.05, 4.69) is 38.8 Å². The third-order valence-corrected chi connectivity index (χ3v) is 5.28. The van der Waals surface area contributed by atoms with Crippen LogP contribution in [0.1, 0.15) is 26.2 Å². The number of alkyl halides is 2. The lowest BCUT2D eigenvalue weighted by Gasteiger charge is -2.03. The number of hydrogen-bond acceptors (Lipinski definition) is 1. The molecule has 0 saturated heterocycles. The van der Waals surface area contributed by atoms with Crippen molar-refractivity contribution in [3.63, 3.8) is 0 Å². The first-order chi connectivity index (χ1) is 4.81. The highest BCUT2D eigenvalue weighted by atomic mass is 79.9. The quantitative estimate of drug-likeness (QED) is 0.526. The highest BCUT2D eigenvalue weighted by Gasteiger charge is 1.99. The molecule has 0 N–H and O–H groups in total. The Labute approximate surface area is 84.8 Å². The van der Waals surface area contributed by atoms with Crippen molar-refractivity contribution >= 4 is 43.6 Å². The molecule has 0 bridgehead atoms. The molecule has 1 atom stereocenters. The summed E-state index contributed by atoms with van der Waals surface area (Å²) in [7, 11) is 0. The smallest absolute Gasteiger partial charge is 0.0696 e. The summed E-state index contributed by atoms with van der Waals surface area (Å²) < 4.78 is 0.601. The minimum Gasteiger partial charge on any atom is -0.146 e. The average molecular weight is 290 g/mol. The monoisotopic (exact) mass is 288 g/mol. The number of halogens is 2. The van der Waals surface area contributed by atoms with E-state index in [1.165, 1.54) is 25.0 Å². The van der Waals surface area contributed by atoms with Crippen LogP contribution in [0, 0.1) is 0 Å². The molecule has 10 heavy (non-hydrogen) atoms. The van der Waals surface area contributed by atoms with E-state index in [1.807, 2.05) is 11.8 Å². The lowest BCUT2D eigenvalue weighted by atomic mass is 10.3. The van der Waals surface area contributed by atoms with Gasteiger partial charge >= 0.3 is 0 Å². The standard InChI is InChI=1S/C7H14Br2S/c1-2-3-4-5-10-7(9)6-8/h7H,2-6H2,1H3. The molecule has 1 unspecified atom stereocenters. The van der Waals surface area contributed by atoms with Crippen LogP contribution >= 0.6 is 43.6 Å². The Morgan fingerprint density at radius 2 is 2.10 bits per heavy atom. The van der Waals surface area contributed by atoms with Crippen molar-refractivity contribution in [3.8, 4) is 0 Å². The van der Waals surface area contributed by atoms with Gasteiger partial charge in [0.15, 0.2) is 0 Å². The number of rotatable bonds is 6. The van der Waals surface area contributed by atoms with Crippen LogP contribution in [0.4, 0.5) is 0 Å². The maximum atomic E-state index is 3.54. The summed E-state index contributed by atoms with van der Waals surface area (Å²) in [6.45, 7) is 2.24. The van der Waals surface area contributed by atoms with Crippen LogP contribution in [0.3, 0.4) is 0 Å². The molecule has 0 fully saturated rings. The van der Waals surface area contributed by atoms with Gasteiger partial charge in [-0.3, -0.25) is 0 Å². The Hall–Kier alpha value is 1.31. The number of unbranched alkanes of at least 4 members (excludes halogenated alkanes) is 2. The van der Waals surface area contributed by atoms with Crippen molar-refractivity contribution in [1.29, 1.82) is 0 Å². The summed E-state index contributed by atoms with van der Waals surface area (Å²) in [5.74, 6) is 1.29. The van der Waals surface area contributed by atoms with Gasteiger partial charge in [0, 0.05) is 5.33 Å². The topological polar surface area (TPSA) is 0 Å². The van der Waals surface area contributed by atoms with Crippen LogP contribution in [0.2, 0.25) is 0 Å². The zero-order chi connectivity index (χ0) is 7.82. The fourth-order valence-electron chi connectivity index (χ4n) is 0.608. The largest absolute Gasteiger partial charge is 0.146 e. The molecule has 0 aliphatic rings. The predicted molar refractivity (Wildman–Crippen MR) is 58.5 cm³/mol. The molecular weight excluding hydrogens is 276 g/mol. The van der Waals surface area contributed by atoms with E-state index in [9.17, 15) is 0 Å². The first-order valence-corrected chi connectivity index (χ1v) is 6.71. The molecule has 0 aliphatic carbocycles. The summed E-state index contributed by atoms with van der Waals surface area (Å²) in [6.07, 6.45) is 4.05. The molecule has 3 heteroatoms. The Balaban J connectivity index is 2.89. The molecule has 0 aliphatic heterocycles. The highest BCUT2D eigenvalue weighted by molar-refractivity contribution is 9.13. The Kier molecular flexibility index (Phi) is 9.51. The number of hydrogen-bond donors (Lipinski definition) is 0. The molecule has 62 valence electrons. The van der Waals surface area contributed by atoms with E-state index < -0.39 is 0 Å². The van der Waals surface area contributed by atoms with Gasteiger partial charge in [0.1, 0.15) is 0 Å². The normalized spacial score (nSPS) is 13.5. The van der Waals surface area contributed by atoms with Crippen molar-refractivity contribution in [1.82, 2.24) is 0 Å². The number of thioether (sulfide) groups is 1. The molecular formula is C7H14Br2S. The van der Waals surface area contributed by atoms with Crippen molar-refractivity contribution in [2.45, 2.75) is 30.3 Å². The van der Waals surface area contributed by atoms with Crippen LogP contribution in [0.15, 0.2) is 0 Å². The predicted octanol–water partition coefficient (Wildman–Crippen LogP) is 4.03. The van der Waals surface area contributed by atoms with Crippen LogP contribution < -0.4 is 0 Å². The molecule has 0 spiro atoms. The van der Waals surface area contributed by atoms with E-state index in [0.29, 0.717) is 4.16 Å². The summed E-state index contributed by atoms with van der Waals surface area (Å²) in [5.41, 5.74) is 0. The first kappa shape index (κ1) is 11.3. The van der Waals surface area contributed by atoms with E-state index >= 15 is 0 Å². The first-order valence-electron chi connectivity index (χ1n) is 3.63. The molecule has 0 aromatic rings. The van der Waals surface area contributed by atoms with Crippen molar-refractivity contribution in [2.24, 2.45) is 0 Å². The molecule has 0 radical (unpaired) electrons. The minimum absolute atomic E-state index is 0.601. The Morgan fingerprint density at radius 1 is 1.40 bits per heavy atom. The van der Waals surface area contributed by atoms with Gasteiger partial charge in [-0.1, -0.05) is 51.6 Å². The molecule has 0 aromatic carbocycles. The molecule has 0 amide bonds. The summed E-state index contributed by atoms with van der Waals surface area (Å²) in [5, 5.41) is 1.05. The van der Waals surface area contributed by atoms with Crippen LogP contribution in [-0.4, -0.2) is 15.2 Å². The summed E-state index contributed by atoms with van der Waals surface area (Å²) in [6, 6.07) is 0. The Morgan fingerprint density at radius 3 is 2.60 bits per heavy atom. The zero-order valence-corrected chi connectivity index (χ0v) is 10.3. The lowest BCUT2D eigenvalue weighted by Crippen LogP contribution is -1.93. The van der Waals surface area contributed by atoms with Gasteiger partial charge in [-0.2, -0.15) is 0 Å². The molecule has 0 rings (SSSR count). The van der Waals surface area contributed by atoms with Gasteiger partial charge in [-0.05, 0) is 12.2 Å². The van der Waals surface area contributed by atoms with E-state index in [1.54, 1.807) is 0 Å². The third kappa shape index (κ3) is 7.42. The Bertz CT molecular complexity index is 68.6. The maximum absolute atomic E-state index is 3.54. The van der Waals surface area contributed by atoms with Crippen molar-refractivity contribution in [2.75, 3.05) is 11.1 Å². The van der Waals surface area contributed by atoms with E-state index in [4.69, 9.17) is 0 Å². The van der Waals surface area contributed by atoms with Crippen molar-refractivity contribution in [3.05, 3.63) is 0 Å². The van der Waals surface area contributed by atoms with Gasteiger partial charge in [0.25, 0.3) is 0 Å². The van der Waals surface area contributed by atoms with Crippen LogP contribution in [0.25, 0.3) is 0 Å². The van der Waals surface area contributed by atoms with Gasteiger partial charge in [-0.25, -0.2) is 0 Å². The van der Waals surface area contributed by atoms with Gasteiger partial charge in [-0.15, -0.1) is 11.8 Å².